The molecule has 0 unspecified atom stereocenters. The summed E-state index contributed by atoms with van der Waals surface area (Å²) in [6.07, 6.45) is 0.923. The average Bonchev–Trinajstić information content (AvgIpc) is 3.32. The lowest BCUT2D eigenvalue weighted by atomic mass is 10.1. The molecule has 178 valence electrons. The molecule has 0 bridgehead atoms. The van der Waals surface area contributed by atoms with E-state index >= 15 is 0 Å². The van der Waals surface area contributed by atoms with Crippen LogP contribution in [0.3, 0.4) is 0 Å². The standard InChI is InChI=1S/C26H29N3O4S/c1-2-12-33-26(31)21-4-3-5-22(15-21)27-24(30)16-23-18-34-25(28-23)20-8-6-19(7-9-20)17-29-10-13-32-14-11-29/h3-9,15,18H,2,10-14,16-17H2,1H3,(H,27,30). The van der Waals surface area contributed by atoms with Gasteiger partial charge in [0.2, 0.25) is 5.91 Å². The van der Waals surface area contributed by atoms with Crippen LogP contribution < -0.4 is 5.32 Å². The Kier molecular flexibility index (Phi) is 8.41. The number of esters is 1. The van der Waals surface area contributed by atoms with Crippen molar-refractivity contribution in [2.24, 2.45) is 0 Å². The van der Waals surface area contributed by atoms with Gasteiger partial charge in [0.1, 0.15) is 5.01 Å². The third-order valence-electron chi connectivity index (χ3n) is 5.42. The predicted octanol–water partition coefficient (Wildman–Crippen LogP) is 4.39. The highest BCUT2D eigenvalue weighted by molar-refractivity contribution is 7.13. The van der Waals surface area contributed by atoms with E-state index in [1.165, 1.54) is 16.9 Å². The van der Waals surface area contributed by atoms with Crippen molar-refractivity contribution in [2.45, 2.75) is 26.3 Å². The van der Waals surface area contributed by atoms with Crippen LogP contribution in [0.25, 0.3) is 10.6 Å². The fraction of sp³-hybridized carbons (Fsp3) is 0.346. The van der Waals surface area contributed by atoms with Gasteiger partial charge in [0.05, 0.1) is 37.5 Å². The first-order valence-electron chi connectivity index (χ1n) is 11.5. The number of hydrogen-bond acceptors (Lipinski definition) is 7. The van der Waals surface area contributed by atoms with Crippen LogP contribution in [0.2, 0.25) is 0 Å². The van der Waals surface area contributed by atoms with E-state index < -0.39 is 5.97 Å². The monoisotopic (exact) mass is 479 g/mol. The molecule has 2 aromatic carbocycles. The zero-order chi connectivity index (χ0) is 23.8. The number of hydrogen-bond donors (Lipinski definition) is 1. The van der Waals surface area contributed by atoms with Crippen LogP contribution in [0.1, 0.15) is 35.0 Å². The summed E-state index contributed by atoms with van der Waals surface area (Å²) in [5.74, 6) is -0.574. The van der Waals surface area contributed by atoms with E-state index in [2.05, 4.69) is 39.5 Å². The number of ether oxygens (including phenoxy) is 2. The summed E-state index contributed by atoms with van der Waals surface area (Å²) >= 11 is 1.53. The summed E-state index contributed by atoms with van der Waals surface area (Å²) in [4.78, 5) is 31.6. The predicted molar refractivity (Wildman–Crippen MR) is 133 cm³/mol. The highest BCUT2D eigenvalue weighted by atomic mass is 32.1. The van der Waals surface area contributed by atoms with Gasteiger partial charge in [-0.05, 0) is 30.2 Å². The molecule has 8 heteroatoms. The maximum absolute atomic E-state index is 12.5. The number of morpholine rings is 1. The molecule has 2 heterocycles. The second-order valence-electron chi connectivity index (χ2n) is 8.17. The molecule has 0 radical (unpaired) electrons. The van der Waals surface area contributed by atoms with Crippen molar-refractivity contribution in [3.8, 4) is 10.6 Å². The molecule has 1 aliphatic heterocycles. The van der Waals surface area contributed by atoms with Gasteiger partial charge in [-0.3, -0.25) is 9.69 Å². The molecule has 1 N–H and O–H groups in total. The number of rotatable bonds is 9. The van der Waals surface area contributed by atoms with Crippen LogP contribution in [-0.2, 0) is 27.2 Å². The maximum atomic E-state index is 12.5. The third-order valence-corrected chi connectivity index (χ3v) is 6.36. The SMILES string of the molecule is CCCOC(=O)c1cccc(NC(=O)Cc2csc(-c3ccc(CN4CCOCC4)cc3)n2)c1. The number of nitrogens with zero attached hydrogens (tertiary/aromatic N) is 2. The van der Waals surface area contributed by atoms with E-state index in [4.69, 9.17) is 9.47 Å². The summed E-state index contributed by atoms with van der Waals surface area (Å²) in [6.45, 7) is 6.76. The molecule has 7 nitrogen and oxygen atoms in total. The summed E-state index contributed by atoms with van der Waals surface area (Å²) in [5, 5.41) is 5.64. The van der Waals surface area contributed by atoms with E-state index in [9.17, 15) is 9.59 Å². The molecule has 4 rings (SSSR count). The quantitative estimate of drug-likeness (QED) is 0.459. The van der Waals surface area contributed by atoms with Crippen molar-refractivity contribution in [1.29, 1.82) is 0 Å². The topological polar surface area (TPSA) is 80.8 Å². The van der Waals surface area contributed by atoms with Gasteiger partial charge in [-0.1, -0.05) is 37.3 Å². The van der Waals surface area contributed by atoms with E-state index in [-0.39, 0.29) is 12.3 Å². The Morgan fingerprint density at radius 2 is 1.94 bits per heavy atom. The van der Waals surface area contributed by atoms with Crippen LogP contribution in [0.15, 0.2) is 53.9 Å². The smallest absolute Gasteiger partial charge is 0.338 e. The van der Waals surface area contributed by atoms with Gasteiger partial charge >= 0.3 is 5.97 Å². The number of nitrogens with one attached hydrogen (secondary N) is 1. The number of thiazole rings is 1. The Morgan fingerprint density at radius 1 is 1.15 bits per heavy atom. The second kappa shape index (κ2) is 11.9. The first kappa shape index (κ1) is 24.1. The summed E-state index contributed by atoms with van der Waals surface area (Å²) in [5.41, 5.74) is 4.00. The first-order chi connectivity index (χ1) is 16.6. The van der Waals surface area contributed by atoms with Crippen molar-refractivity contribution in [1.82, 2.24) is 9.88 Å². The summed E-state index contributed by atoms with van der Waals surface area (Å²) in [7, 11) is 0. The number of aromatic nitrogens is 1. The Bertz CT molecular complexity index is 1110. The summed E-state index contributed by atoms with van der Waals surface area (Å²) in [6, 6.07) is 15.2. The molecule has 1 saturated heterocycles. The highest BCUT2D eigenvalue weighted by Gasteiger charge is 2.13. The highest BCUT2D eigenvalue weighted by Crippen LogP contribution is 2.25. The molecule has 0 aliphatic carbocycles. The maximum Gasteiger partial charge on any atom is 0.338 e. The minimum absolute atomic E-state index is 0.163. The summed E-state index contributed by atoms with van der Waals surface area (Å²) < 4.78 is 10.6. The molecule has 1 aromatic heterocycles. The van der Waals surface area contributed by atoms with Crippen molar-refractivity contribution >= 4 is 28.9 Å². The van der Waals surface area contributed by atoms with Gasteiger partial charge in [0.15, 0.2) is 0 Å². The molecular formula is C26H29N3O4S. The van der Waals surface area contributed by atoms with Crippen LogP contribution >= 0.6 is 11.3 Å². The molecular weight excluding hydrogens is 450 g/mol. The Morgan fingerprint density at radius 3 is 2.71 bits per heavy atom. The lowest BCUT2D eigenvalue weighted by Gasteiger charge is -2.26. The Balaban J connectivity index is 1.32. The van der Waals surface area contributed by atoms with E-state index in [0.717, 1.165) is 49.8 Å². The number of carbonyl (C=O) groups is 2. The fourth-order valence-electron chi connectivity index (χ4n) is 3.66. The van der Waals surface area contributed by atoms with Crippen LogP contribution in [-0.4, -0.2) is 54.7 Å². The van der Waals surface area contributed by atoms with Gasteiger partial charge in [-0.2, -0.15) is 0 Å². The molecule has 1 aliphatic rings. The Labute approximate surface area is 203 Å². The number of carbonyl (C=O) groups excluding carboxylic acids is 2. The molecule has 0 saturated carbocycles. The molecule has 1 fully saturated rings. The number of anilines is 1. The molecule has 0 spiro atoms. The number of benzene rings is 2. The third kappa shape index (κ3) is 6.72. The van der Waals surface area contributed by atoms with Crippen molar-refractivity contribution in [3.63, 3.8) is 0 Å². The van der Waals surface area contributed by atoms with Crippen molar-refractivity contribution < 1.29 is 19.1 Å². The minimum Gasteiger partial charge on any atom is -0.462 e. The van der Waals surface area contributed by atoms with Crippen molar-refractivity contribution in [3.05, 3.63) is 70.7 Å². The zero-order valence-electron chi connectivity index (χ0n) is 19.3. The van der Waals surface area contributed by atoms with Crippen LogP contribution in [0.4, 0.5) is 5.69 Å². The number of amides is 1. The molecule has 1 amide bonds. The fourth-order valence-corrected chi connectivity index (χ4v) is 4.49. The first-order valence-corrected chi connectivity index (χ1v) is 12.4. The molecule has 34 heavy (non-hydrogen) atoms. The van der Waals surface area contributed by atoms with Gasteiger partial charge < -0.3 is 14.8 Å². The van der Waals surface area contributed by atoms with Crippen LogP contribution in [0, 0.1) is 0 Å². The molecule has 0 atom stereocenters. The van der Waals surface area contributed by atoms with E-state index in [1.54, 1.807) is 24.3 Å². The van der Waals surface area contributed by atoms with Crippen molar-refractivity contribution in [2.75, 3.05) is 38.2 Å². The van der Waals surface area contributed by atoms with Gasteiger partial charge in [-0.15, -0.1) is 11.3 Å². The normalized spacial score (nSPS) is 14.0. The van der Waals surface area contributed by atoms with Gasteiger partial charge in [0, 0.05) is 36.3 Å². The van der Waals surface area contributed by atoms with E-state index in [1.807, 2.05) is 12.3 Å². The lowest BCUT2D eigenvalue weighted by molar-refractivity contribution is -0.115. The second-order valence-corrected chi connectivity index (χ2v) is 9.03. The van der Waals surface area contributed by atoms with E-state index in [0.29, 0.717) is 23.6 Å². The molecule has 3 aromatic rings. The Hall–Kier alpha value is -3.07. The lowest BCUT2D eigenvalue weighted by Crippen LogP contribution is -2.35. The zero-order valence-corrected chi connectivity index (χ0v) is 20.1. The largest absolute Gasteiger partial charge is 0.462 e. The minimum atomic E-state index is -0.391. The van der Waals surface area contributed by atoms with Gasteiger partial charge in [-0.25, -0.2) is 9.78 Å². The van der Waals surface area contributed by atoms with Crippen LogP contribution in [0.5, 0.6) is 0 Å². The van der Waals surface area contributed by atoms with Gasteiger partial charge in [0.25, 0.3) is 0 Å². The average molecular weight is 480 g/mol.